The summed E-state index contributed by atoms with van der Waals surface area (Å²) >= 11 is 0. The predicted octanol–water partition coefficient (Wildman–Crippen LogP) is 0.170. The molecule has 34 heavy (non-hydrogen) atoms. The van der Waals surface area contributed by atoms with E-state index in [1.54, 1.807) is 11.6 Å². The Hall–Kier alpha value is -3.15. The molecule has 11 heteroatoms. The van der Waals surface area contributed by atoms with E-state index in [0.29, 0.717) is 31.5 Å². The molecule has 1 atom stereocenters. The van der Waals surface area contributed by atoms with Crippen molar-refractivity contribution in [2.45, 2.75) is 26.0 Å². The molecule has 1 aromatic carbocycles. The summed E-state index contributed by atoms with van der Waals surface area (Å²) in [7, 11) is 1.55. The molecule has 2 aromatic heterocycles. The molecule has 184 valence electrons. The molecule has 11 nitrogen and oxygen atoms in total. The highest BCUT2D eigenvalue weighted by atomic mass is 16.5. The molecular formula is C23H32N6O5. The van der Waals surface area contributed by atoms with Gasteiger partial charge in [-0.3, -0.25) is 19.2 Å². The van der Waals surface area contributed by atoms with Crippen molar-refractivity contribution in [2.75, 3.05) is 51.3 Å². The van der Waals surface area contributed by atoms with Crippen LogP contribution in [0.2, 0.25) is 0 Å². The van der Waals surface area contributed by atoms with Crippen LogP contribution in [0.1, 0.15) is 12.5 Å². The molecule has 0 saturated carbocycles. The second kappa shape index (κ2) is 10.9. The van der Waals surface area contributed by atoms with Gasteiger partial charge in [-0.2, -0.15) is 4.98 Å². The summed E-state index contributed by atoms with van der Waals surface area (Å²) in [6.07, 6.45) is -0.0130. The van der Waals surface area contributed by atoms with Gasteiger partial charge in [0, 0.05) is 33.2 Å². The molecule has 1 fully saturated rings. The van der Waals surface area contributed by atoms with Crippen LogP contribution in [0.15, 0.2) is 33.9 Å². The Morgan fingerprint density at radius 2 is 2.09 bits per heavy atom. The first-order valence-electron chi connectivity index (χ1n) is 11.6. The fourth-order valence-electron chi connectivity index (χ4n) is 4.01. The number of aromatic amines is 1. The molecule has 4 rings (SSSR count). The van der Waals surface area contributed by atoms with Crippen molar-refractivity contribution in [3.8, 4) is 5.75 Å². The molecule has 3 heterocycles. The average Bonchev–Trinajstić information content (AvgIpc) is 3.20. The summed E-state index contributed by atoms with van der Waals surface area (Å²) in [4.78, 5) is 33.8. The largest absolute Gasteiger partial charge is 0.491 e. The lowest BCUT2D eigenvalue weighted by atomic mass is 10.2. The van der Waals surface area contributed by atoms with E-state index < -0.39 is 17.4 Å². The van der Waals surface area contributed by atoms with Crippen LogP contribution in [0.3, 0.4) is 0 Å². The minimum atomic E-state index is -0.904. The monoisotopic (exact) mass is 472 g/mol. The number of morpholine rings is 1. The second-order valence-corrected chi connectivity index (χ2v) is 8.38. The van der Waals surface area contributed by atoms with Gasteiger partial charge in [-0.15, -0.1) is 0 Å². The molecule has 3 aromatic rings. The lowest BCUT2D eigenvalue weighted by molar-refractivity contribution is 0.0398. The number of hydrogen-bond donors (Lipinski definition) is 3. The van der Waals surface area contributed by atoms with Crippen molar-refractivity contribution in [1.29, 1.82) is 0 Å². The predicted molar refractivity (Wildman–Crippen MR) is 129 cm³/mol. The molecule has 1 unspecified atom stereocenters. The van der Waals surface area contributed by atoms with Crippen molar-refractivity contribution in [2.24, 2.45) is 7.05 Å². The van der Waals surface area contributed by atoms with Gasteiger partial charge in [0.2, 0.25) is 5.95 Å². The van der Waals surface area contributed by atoms with Crippen molar-refractivity contribution < 1.29 is 14.6 Å². The van der Waals surface area contributed by atoms with Gasteiger partial charge in [0.1, 0.15) is 18.5 Å². The van der Waals surface area contributed by atoms with Gasteiger partial charge < -0.3 is 24.5 Å². The van der Waals surface area contributed by atoms with Gasteiger partial charge in [-0.25, -0.2) is 4.79 Å². The number of hydrogen-bond acceptors (Lipinski definition) is 8. The van der Waals surface area contributed by atoms with Gasteiger partial charge in [0.15, 0.2) is 11.2 Å². The first-order valence-corrected chi connectivity index (χ1v) is 11.6. The smallest absolute Gasteiger partial charge is 0.329 e. The van der Waals surface area contributed by atoms with E-state index in [-0.39, 0.29) is 24.3 Å². The molecule has 3 N–H and O–H groups in total. The lowest BCUT2D eigenvalue weighted by Crippen LogP contribution is -2.39. The van der Waals surface area contributed by atoms with Crippen molar-refractivity contribution >= 4 is 17.1 Å². The highest BCUT2D eigenvalue weighted by Gasteiger charge is 2.20. The quantitative estimate of drug-likeness (QED) is 0.381. The van der Waals surface area contributed by atoms with Crippen LogP contribution >= 0.6 is 0 Å². The fraction of sp³-hybridized carbons (Fsp3) is 0.522. The van der Waals surface area contributed by atoms with Crippen LogP contribution < -0.4 is 21.3 Å². The molecule has 0 aliphatic carbocycles. The zero-order valence-electron chi connectivity index (χ0n) is 19.6. The van der Waals surface area contributed by atoms with Crippen LogP contribution in [0.25, 0.3) is 11.2 Å². The molecule has 0 spiro atoms. The van der Waals surface area contributed by atoms with E-state index in [1.165, 1.54) is 4.57 Å². The van der Waals surface area contributed by atoms with Gasteiger partial charge in [0.25, 0.3) is 5.56 Å². The third-order valence-electron chi connectivity index (χ3n) is 5.96. The number of aliphatic hydroxyl groups excluding tert-OH is 1. The van der Waals surface area contributed by atoms with Crippen molar-refractivity contribution in [1.82, 2.24) is 24.0 Å². The third-order valence-corrected chi connectivity index (χ3v) is 5.96. The van der Waals surface area contributed by atoms with E-state index in [0.717, 1.165) is 31.6 Å². The van der Waals surface area contributed by atoms with E-state index in [9.17, 15) is 14.7 Å². The summed E-state index contributed by atoms with van der Waals surface area (Å²) in [6, 6.07) is 7.73. The minimum Gasteiger partial charge on any atom is -0.491 e. The third kappa shape index (κ3) is 5.49. The van der Waals surface area contributed by atoms with E-state index in [2.05, 4.69) is 27.1 Å². The minimum absolute atomic E-state index is 0.0454. The number of aromatic nitrogens is 4. The van der Waals surface area contributed by atoms with Crippen LogP contribution in [0, 0.1) is 0 Å². The number of aryl methyl sites for hydroxylation is 2. The zero-order valence-corrected chi connectivity index (χ0v) is 19.6. The van der Waals surface area contributed by atoms with Crippen LogP contribution in [0.5, 0.6) is 5.75 Å². The summed E-state index contributed by atoms with van der Waals surface area (Å²) in [5.41, 5.74) is 0.540. The summed E-state index contributed by atoms with van der Waals surface area (Å²) in [5.74, 6) is 1.10. The second-order valence-electron chi connectivity index (χ2n) is 8.38. The Labute approximate surface area is 196 Å². The van der Waals surface area contributed by atoms with Crippen molar-refractivity contribution in [3.63, 3.8) is 0 Å². The number of benzene rings is 1. The van der Waals surface area contributed by atoms with Crippen LogP contribution in [-0.4, -0.2) is 81.2 Å². The number of aliphatic hydroxyl groups is 1. The lowest BCUT2D eigenvalue weighted by Gasteiger charge is -2.26. The Kier molecular flexibility index (Phi) is 7.66. The number of fused-ring (bicyclic) bond motifs is 1. The van der Waals surface area contributed by atoms with E-state index >= 15 is 0 Å². The number of rotatable bonds is 10. The maximum absolute atomic E-state index is 12.6. The number of nitrogens with zero attached hydrogens (tertiary/aromatic N) is 4. The zero-order chi connectivity index (χ0) is 24.1. The number of anilines is 1. The highest BCUT2D eigenvalue weighted by Crippen LogP contribution is 2.18. The summed E-state index contributed by atoms with van der Waals surface area (Å²) in [5, 5.41) is 14.0. The number of imidazole rings is 1. The standard InChI is InChI=1S/C23H32N6O5/c1-3-16-5-4-6-18(13-16)34-15-17(30)14-29-19-20(27(2)23(32)26-21(19)31)25-22(29)24-7-8-28-9-11-33-12-10-28/h4-6,13,17,30H,3,7-12,14-15H2,1-2H3,(H,24,25)(H,26,31,32). The first kappa shape index (κ1) is 24.0. The summed E-state index contributed by atoms with van der Waals surface area (Å²) < 4.78 is 14.1. The topological polar surface area (TPSA) is 127 Å². The van der Waals surface area contributed by atoms with Gasteiger partial charge in [-0.1, -0.05) is 19.1 Å². The fourth-order valence-corrected chi connectivity index (χ4v) is 4.01. The Morgan fingerprint density at radius 1 is 1.29 bits per heavy atom. The van der Waals surface area contributed by atoms with E-state index in [4.69, 9.17) is 9.47 Å². The molecule has 1 saturated heterocycles. The molecule has 1 aliphatic rings. The Balaban J connectivity index is 1.52. The maximum Gasteiger partial charge on any atom is 0.329 e. The number of ether oxygens (including phenoxy) is 2. The van der Waals surface area contributed by atoms with Crippen LogP contribution in [-0.2, 0) is 24.8 Å². The molecule has 0 bridgehead atoms. The highest BCUT2D eigenvalue weighted by molar-refractivity contribution is 5.74. The Bertz CT molecular complexity index is 1230. The van der Waals surface area contributed by atoms with Crippen LogP contribution in [0.4, 0.5) is 5.95 Å². The molecule has 0 amide bonds. The van der Waals surface area contributed by atoms with E-state index in [1.807, 2.05) is 24.3 Å². The van der Waals surface area contributed by atoms with Gasteiger partial charge >= 0.3 is 5.69 Å². The Morgan fingerprint density at radius 3 is 2.85 bits per heavy atom. The number of nitrogens with one attached hydrogen (secondary N) is 2. The molecule has 0 radical (unpaired) electrons. The molecule has 1 aliphatic heterocycles. The van der Waals surface area contributed by atoms with Crippen molar-refractivity contribution in [3.05, 3.63) is 50.7 Å². The van der Waals surface area contributed by atoms with Gasteiger partial charge in [0.05, 0.1) is 19.8 Å². The molecular weight excluding hydrogens is 440 g/mol. The average molecular weight is 473 g/mol. The first-order chi connectivity index (χ1) is 16.5. The number of H-pyrrole nitrogens is 1. The normalized spacial score (nSPS) is 15.5. The SMILES string of the molecule is CCc1cccc(OCC(O)Cn2c(NCCN3CCOCC3)nc3c2c(=O)[nH]c(=O)n3C)c1. The summed E-state index contributed by atoms with van der Waals surface area (Å²) in [6.45, 7) is 6.70. The maximum atomic E-state index is 12.6. The van der Waals surface area contributed by atoms with Gasteiger partial charge in [-0.05, 0) is 24.1 Å².